The van der Waals surface area contributed by atoms with Gasteiger partial charge in [0, 0.05) is 6.42 Å². The number of amides is 1. The summed E-state index contributed by atoms with van der Waals surface area (Å²) in [6, 6.07) is 15.5. The molecule has 1 aliphatic heterocycles. The highest BCUT2D eigenvalue weighted by Crippen LogP contribution is 2.25. The zero-order valence-corrected chi connectivity index (χ0v) is 12.6. The second-order valence-corrected chi connectivity index (χ2v) is 5.47. The molecule has 23 heavy (non-hydrogen) atoms. The normalized spacial score (nSPS) is 17.3. The summed E-state index contributed by atoms with van der Waals surface area (Å²) in [4.78, 5) is 25.1. The van der Waals surface area contributed by atoms with Crippen molar-refractivity contribution in [3.05, 3.63) is 60.2 Å². The third-order valence-electron chi connectivity index (χ3n) is 3.74. The molecule has 3 rings (SSSR count). The summed E-state index contributed by atoms with van der Waals surface area (Å²) in [7, 11) is 0. The third-order valence-corrected chi connectivity index (χ3v) is 3.74. The first-order chi connectivity index (χ1) is 11.1. The summed E-state index contributed by atoms with van der Waals surface area (Å²) in [6.07, 6.45) is 0.0836. The summed E-state index contributed by atoms with van der Waals surface area (Å²) in [5.41, 5.74) is 1.81. The first-order valence-corrected chi connectivity index (χ1v) is 7.31. The van der Waals surface area contributed by atoms with Gasteiger partial charge in [0.25, 0.3) is 5.91 Å². The van der Waals surface area contributed by atoms with E-state index in [-0.39, 0.29) is 23.9 Å². The van der Waals surface area contributed by atoms with Gasteiger partial charge in [0.1, 0.15) is 11.7 Å². The molecule has 1 atom stereocenters. The van der Waals surface area contributed by atoms with Crippen LogP contribution in [0.4, 0.5) is 5.69 Å². The number of hydrogen-bond acceptors (Lipinski definition) is 4. The van der Waals surface area contributed by atoms with E-state index in [1.165, 1.54) is 11.1 Å². The fourth-order valence-electron chi connectivity index (χ4n) is 2.66. The molecule has 1 N–H and O–H groups in total. The number of carbonyl (C=O) groups is 2. The van der Waals surface area contributed by atoms with Gasteiger partial charge in [0.05, 0.1) is 11.4 Å². The third kappa shape index (κ3) is 2.99. The average molecular weight is 308 g/mol. The standard InChI is InChI=1S/C18H16N2O3/c1-12-17(16(22)11-13-6-5-9-15(21)10-13)18(23)20(19-12)14-7-3-2-4-8-14/h2-10,17,21H,11H2,1H3. The van der Waals surface area contributed by atoms with Crippen LogP contribution >= 0.6 is 0 Å². The van der Waals surface area contributed by atoms with Gasteiger partial charge in [-0.1, -0.05) is 30.3 Å². The minimum Gasteiger partial charge on any atom is -0.508 e. The van der Waals surface area contributed by atoms with Crippen molar-refractivity contribution in [1.29, 1.82) is 0 Å². The van der Waals surface area contributed by atoms with Crippen LogP contribution in [0.2, 0.25) is 0 Å². The summed E-state index contributed by atoms with van der Waals surface area (Å²) >= 11 is 0. The number of hydrazone groups is 1. The predicted octanol–water partition coefficient (Wildman–Crippen LogP) is 2.54. The van der Waals surface area contributed by atoms with Crippen LogP contribution in [0.15, 0.2) is 59.7 Å². The van der Waals surface area contributed by atoms with Crippen molar-refractivity contribution >= 4 is 23.1 Å². The quantitative estimate of drug-likeness (QED) is 0.882. The number of phenols is 1. The van der Waals surface area contributed by atoms with Crippen molar-refractivity contribution in [3.63, 3.8) is 0 Å². The molecular formula is C18H16N2O3. The molecule has 5 heteroatoms. The number of anilines is 1. The van der Waals surface area contributed by atoms with Gasteiger partial charge in [-0.2, -0.15) is 10.1 Å². The molecule has 0 saturated heterocycles. The highest BCUT2D eigenvalue weighted by atomic mass is 16.3. The van der Waals surface area contributed by atoms with Gasteiger partial charge < -0.3 is 5.11 Å². The van der Waals surface area contributed by atoms with E-state index in [4.69, 9.17) is 0 Å². The lowest BCUT2D eigenvalue weighted by Gasteiger charge is -2.13. The molecule has 5 nitrogen and oxygen atoms in total. The van der Waals surface area contributed by atoms with Crippen molar-refractivity contribution in [2.75, 3.05) is 5.01 Å². The number of benzene rings is 2. The number of carbonyl (C=O) groups excluding carboxylic acids is 2. The molecule has 0 fully saturated rings. The zero-order valence-electron chi connectivity index (χ0n) is 12.6. The number of para-hydroxylation sites is 1. The van der Waals surface area contributed by atoms with Crippen LogP contribution in [-0.2, 0) is 16.0 Å². The van der Waals surface area contributed by atoms with Gasteiger partial charge in [-0.05, 0) is 36.8 Å². The summed E-state index contributed by atoms with van der Waals surface area (Å²) < 4.78 is 0. The van der Waals surface area contributed by atoms with Crippen LogP contribution in [0.1, 0.15) is 12.5 Å². The number of ketones is 1. The Morgan fingerprint density at radius 1 is 1.17 bits per heavy atom. The van der Waals surface area contributed by atoms with E-state index in [2.05, 4.69) is 5.10 Å². The lowest BCUT2D eigenvalue weighted by molar-refractivity contribution is -0.128. The molecule has 0 spiro atoms. The van der Waals surface area contributed by atoms with E-state index in [1.54, 1.807) is 37.3 Å². The fourth-order valence-corrected chi connectivity index (χ4v) is 2.66. The van der Waals surface area contributed by atoms with Gasteiger partial charge in [-0.3, -0.25) is 9.59 Å². The molecular weight excluding hydrogens is 292 g/mol. The molecule has 1 heterocycles. The molecule has 0 aliphatic carbocycles. The van der Waals surface area contributed by atoms with E-state index in [0.717, 1.165) is 0 Å². The highest BCUT2D eigenvalue weighted by Gasteiger charge is 2.39. The Balaban J connectivity index is 1.80. The number of aromatic hydroxyl groups is 1. The number of hydrogen-bond donors (Lipinski definition) is 1. The molecule has 0 aromatic heterocycles. The summed E-state index contributed by atoms with van der Waals surface area (Å²) in [6.45, 7) is 1.69. The molecule has 1 amide bonds. The Bertz CT molecular complexity index is 784. The predicted molar refractivity (Wildman–Crippen MR) is 87.3 cm³/mol. The fraction of sp³-hybridized carbons (Fsp3) is 0.167. The topological polar surface area (TPSA) is 70.0 Å². The van der Waals surface area contributed by atoms with Crippen LogP contribution in [0.3, 0.4) is 0 Å². The Morgan fingerprint density at radius 2 is 1.91 bits per heavy atom. The maximum Gasteiger partial charge on any atom is 0.263 e. The Labute approximate surface area is 133 Å². The van der Waals surface area contributed by atoms with Gasteiger partial charge >= 0.3 is 0 Å². The Kier molecular flexibility index (Phi) is 3.93. The van der Waals surface area contributed by atoms with E-state index in [1.807, 2.05) is 18.2 Å². The van der Waals surface area contributed by atoms with E-state index in [9.17, 15) is 14.7 Å². The molecule has 116 valence electrons. The minimum atomic E-state index is -0.863. The minimum absolute atomic E-state index is 0.0836. The summed E-state index contributed by atoms with van der Waals surface area (Å²) in [5.74, 6) is -1.32. The molecule has 0 radical (unpaired) electrons. The maximum atomic E-state index is 12.6. The summed E-state index contributed by atoms with van der Waals surface area (Å²) in [5, 5.41) is 15.0. The van der Waals surface area contributed by atoms with Gasteiger partial charge in [0.2, 0.25) is 0 Å². The van der Waals surface area contributed by atoms with Crippen LogP contribution in [0.5, 0.6) is 5.75 Å². The Morgan fingerprint density at radius 3 is 2.61 bits per heavy atom. The second-order valence-electron chi connectivity index (χ2n) is 5.47. The van der Waals surface area contributed by atoms with Crippen LogP contribution in [0.25, 0.3) is 0 Å². The molecule has 0 bridgehead atoms. The lowest BCUT2D eigenvalue weighted by Crippen LogP contribution is -2.33. The molecule has 2 aromatic carbocycles. The SMILES string of the molecule is CC1=NN(c2ccccc2)C(=O)C1C(=O)Cc1cccc(O)c1. The maximum absolute atomic E-state index is 12.6. The van der Waals surface area contributed by atoms with Crippen molar-refractivity contribution in [2.24, 2.45) is 11.0 Å². The van der Waals surface area contributed by atoms with Crippen LogP contribution in [-0.4, -0.2) is 22.5 Å². The van der Waals surface area contributed by atoms with Crippen LogP contribution in [0, 0.1) is 5.92 Å². The smallest absolute Gasteiger partial charge is 0.263 e. The largest absolute Gasteiger partial charge is 0.508 e. The number of phenolic OH excluding ortho intramolecular Hbond substituents is 1. The second kappa shape index (κ2) is 6.04. The van der Waals surface area contributed by atoms with E-state index < -0.39 is 5.92 Å². The molecule has 1 unspecified atom stereocenters. The number of nitrogens with zero attached hydrogens (tertiary/aromatic N) is 2. The first kappa shape index (κ1) is 15.0. The van der Waals surface area contributed by atoms with Crippen molar-refractivity contribution in [3.8, 4) is 5.75 Å². The van der Waals surface area contributed by atoms with Crippen molar-refractivity contribution < 1.29 is 14.7 Å². The monoisotopic (exact) mass is 308 g/mol. The molecule has 2 aromatic rings. The number of rotatable bonds is 4. The van der Waals surface area contributed by atoms with Crippen molar-refractivity contribution in [2.45, 2.75) is 13.3 Å². The zero-order chi connectivity index (χ0) is 16.4. The van der Waals surface area contributed by atoms with E-state index in [0.29, 0.717) is 17.0 Å². The van der Waals surface area contributed by atoms with E-state index >= 15 is 0 Å². The highest BCUT2D eigenvalue weighted by molar-refractivity contribution is 6.27. The number of Topliss-reactive ketones (excluding diaryl/α,β-unsaturated/α-hetero) is 1. The van der Waals surface area contributed by atoms with Crippen molar-refractivity contribution in [1.82, 2.24) is 0 Å². The van der Waals surface area contributed by atoms with Gasteiger partial charge in [0.15, 0.2) is 5.78 Å². The molecule has 1 aliphatic rings. The Hall–Kier alpha value is -2.95. The first-order valence-electron chi connectivity index (χ1n) is 7.31. The molecule has 0 saturated carbocycles. The lowest BCUT2D eigenvalue weighted by atomic mass is 9.94. The van der Waals surface area contributed by atoms with Crippen LogP contribution < -0.4 is 5.01 Å². The van der Waals surface area contributed by atoms with Gasteiger partial charge in [-0.25, -0.2) is 0 Å². The average Bonchev–Trinajstić information content (AvgIpc) is 2.83. The van der Waals surface area contributed by atoms with Gasteiger partial charge in [-0.15, -0.1) is 0 Å².